The van der Waals surface area contributed by atoms with E-state index in [1.807, 2.05) is 11.4 Å². The SMILES string of the molecule is O=C1NC(=O)N(Cc2cc(Br)cs2)C(=O)C1C1CCCC1. The van der Waals surface area contributed by atoms with Gasteiger partial charge in [-0.15, -0.1) is 11.3 Å². The van der Waals surface area contributed by atoms with Gasteiger partial charge in [-0.3, -0.25) is 19.8 Å². The fourth-order valence-electron chi connectivity index (χ4n) is 3.08. The third kappa shape index (κ3) is 2.89. The molecule has 1 N–H and O–H groups in total. The van der Waals surface area contributed by atoms with Crippen LogP contribution < -0.4 is 5.32 Å². The molecule has 4 amide bonds. The van der Waals surface area contributed by atoms with Gasteiger partial charge in [0.25, 0.3) is 0 Å². The van der Waals surface area contributed by atoms with Crippen molar-refractivity contribution in [3.05, 3.63) is 20.8 Å². The quantitative estimate of drug-likeness (QED) is 0.831. The zero-order chi connectivity index (χ0) is 15.0. The fourth-order valence-corrected chi connectivity index (χ4v) is 4.52. The minimum Gasteiger partial charge on any atom is -0.277 e. The van der Waals surface area contributed by atoms with E-state index in [-0.39, 0.29) is 18.4 Å². The van der Waals surface area contributed by atoms with Crippen molar-refractivity contribution in [1.29, 1.82) is 0 Å². The Labute approximate surface area is 134 Å². The number of barbiturate groups is 1. The molecule has 2 aliphatic rings. The maximum absolute atomic E-state index is 12.6. The smallest absolute Gasteiger partial charge is 0.277 e. The van der Waals surface area contributed by atoms with E-state index in [9.17, 15) is 14.4 Å². The lowest BCUT2D eigenvalue weighted by atomic mass is 9.87. The zero-order valence-corrected chi connectivity index (χ0v) is 13.7. The molecule has 0 bridgehead atoms. The first kappa shape index (κ1) is 14.7. The summed E-state index contributed by atoms with van der Waals surface area (Å²) in [7, 11) is 0. The number of nitrogens with zero attached hydrogens (tertiary/aromatic N) is 1. The van der Waals surface area contributed by atoms with Crippen LogP contribution in [0.2, 0.25) is 0 Å². The first-order chi connectivity index (χ1) is 10.1. The molecule has 0 spiro atoms. The van der Waals surface area contributed by atoms with Crippen molar-refractivity contribution in [2.24, 2.45) is 11.8 Å². The van der Waals surface area contributed by atoms with Crippen molar-refractivity contribution >= 4 is 45.1 Å². The summed E-state index contributed by atoms with van der Waals surface area (Å²) >= 11 is 4.83. The Kier molecular flexibility index (Phi) is 4.12. The van der Waals surface area contributed by atoms with Gasteiger partial charge in [0, 0.05) is 14.7 Å². The molecule has 1 unspecified atom stereocenters. The molecule has 1 saturated heterocycles. The third-order valence-electron chi connectivity index (χ3n) is 4.10. The Bertz CT molecular complexity index is 595. The van der Waals surface area contributed by atoms with Gasteiger partial charge in [0.15, 0.2) is 0 Å². The Hall–Kier alpha value is -1.21. The lowest BCUT2D eigenvalue weighted by Gasteiger charge is -2.32. The number of nitrogens with one attached hydrogen (secondary N) is 1. The van der Waals surface area contributed by atoms with Gasteiger partial charge in [-0.25, -0.2) is 4.79 Å². The van der Waals surface area contributed by atoms with E-state index < -0.39 is 17.9 Å². The molecule has 2 fully saturated rings. The van der Waals surface area contributed by atoms with E-state index in [4.69, 9.17) is 0 Å². The number of amides is 4. The highest BCUT2D eigenvalue weighted by Crippen LogP contribution is 2.34. The van der Waals surface area contributed by atoms with Crippen molar-refractivity contribution in [2.75, 3.05) is 0 Å². The molecule has 1 atom stereocenters. The third-order valence-corrected chi connectivity index (χ3v) is 5.78. The van der Waals surface area contributed by atoms with Crippen LogP contribution in [0.3, 0.4) is 0 Å². The number of thiophene rings is 1. The summed E-state index contributed by atoms with van der Waals surface area (Å²) in [6.45, 7) is 0.220. The molecule has 1 aromatic rings. The average Bonchev–Trinajstić information content (AvgIpc) is 3.06. The molecule has 1 aromatic heterocycles. The minimum absolute atomic E-state index is 0.0724. The second-order valence-electron chi connectivity index (χ2n) is 5.47. The molecule has 0 radical (unpaired) electrons. The summed E-state index contributed by atoms with van der Waals surface area (Å²) in [5.74, 6) is -1.41. The van der Waals surface area contributed by atoms with Gasteiger partial charge in [0.05, 0.1) is 6.54 Å². The molecule has 5 nitrogen and oxygen atoms in total. The molecule has 1 aliphatic carbocycles. The van der Waals surface area contributed by atoms with Crippen LogP contribution in [0.5, 0.6) is 0 Å². The Morgan fingerprint density at radius 3 is 2.62 bits per heavy atom. The van der Waals surface area contributed by atoms with Crippen molar-refractivity contribution < 1.29 is 14.4 Å². The standard InChI is InChI=1S/C14H15BrN2O3S/c15-9-5-10(21-7-9)6-17-13(19)11(8-3-1-2-4-8)12(18)16-14(17)20/h5,7-8,11H,1-4,6H2,(H,16,18,20). The van der Waals surface area contributed by atoms with Crippen LogP contribution in [0.1, 0.15) is 30.6 Å². The highest BCUT2D eigenvalue weighted by atomic mass is 79.9. The monoisotopic (exact) mass is 370 g/mol. The molecule has 1 saturated carbocycles. The van der Waals surface area contributed by atoms with E-state index >= 15 is 0 Å². The van der Waals surface area contributed by atoms with Gasteiger partial charge < -0.3 is 0 Å². The van der Waals surface area contributed by atoms with E-state index in [2.05, 4.69) is 21.2 Å². The van der Waals surface area contributed by atoms with E-state index in [1.165, 1.54) is 16.2 Å². The topological polar surface area (TPSA) is 66.5 Å². The number of carbonyl (C=O) groups excluding carboxylic acids is 3. The number of hydrogen-bond acceptors (Lipinski definition) is 4. The van der Waals surface area contributed by atoms with Crippen LogP contribution in [0, 0.1) is 11.8 Å². The second-order valence-corrected chi connectivity index (χ2v) is 7.38. The number of imide groups is 2. The van der Waals surface area contributed by atoms with Gasteiger partial charge in [-0.1, -0.05) is 12.8 Å². The van der Waals surface area contributed by atoms with Gasteiger partial charge in [0.1, 0.15) is 5.92 Å². The van der Waals surface area contributed by atoms with Crippen LogP contribution in [0.25, 0.3) is 0 Å². The van der Waals surface area contributed by atoms with Crippen molar-refractivity contribution in [3.8, 4) is 0 Å². The highest BCUT2D eigenvalue weighted by molar-refractivity contribution is 9.10. The van der Waals surface area contributed by atoms with Crippen molar-refractivity contribution in [1.82, 2.24) is 10.2 Å². The summed E-state index contributed by atoms with van der Waals surface area (Å²) in [5.41, 5.74) is 0. The van der Waals surface area contributed by atoms with Crippen molar-refractivity contribution in [2.45, 2.75) is 32.2 Å². The number of rotatable bonds is 3. The first-order valence-electron chi connectivity index (χ1n) is 6.95. The molecular weight excluding hydrogens is 356 g/mol. The fraction of sp³-hybridized carbons (Fsp3) is 0.500. The van der Waals surface area contributed by atoms with Crippen molar-refractivity contribution in [3.63, 3.8) is 0 Å². The van der Waals surface area contributed by atoms with Gasteiger partial charge >= 0.3 is 6.03 Å². The largest absolute Gasteiger partial charge is 0.331 e. The summed E-state index contributed by atoms with van der Waals surface area (Å²) in [6, 6.07) is 1.27. The predicted molar refractivity (Wildman–Crippen MR) is 81.6 cm³/mol. The Morgan fingerprint density at radius 2 is 2.00 bits per heavy atom. The van der Waals surface area contributed by atoms with E-state index in [1.54, 1.807) is 0 Å². The van der Waals surface area contributed by atoms with Crippen LogP contribution in [0.4, 0.5) is 4.79 Å². The maximum Gasteiger partial charge on any atom is 0.331 e. The number of carbonyl (C=O) groups is 3. The number of halogens is 1. The molecule has 21 heavy (non-hydrogen) atoms. The summed E-state index contributed by atoms with van der Waals surface area (Å²) < 4.78 is 0.927. The molecule has 2 heterocycles. The normalized spacial score (nSPS) is 23.8. The number of hydrogen-bond donors (Lipinski definition) is 1. The summed E-state index contributed by atoms with van der Waals surface area (Å²) in [5, 5.41) is 4.24. The summed E-state index contributed by atoms with van der Waals surface area (Å²) in [4.78, 5) is 38.6. The molecule has 1 aliphatic heterocycles. The van der Waals surface area contributed by atoms with Crippen LogP contribution in [0.15, 0.2) is 15.9 Å². The Morgan fingerprint density at radius 1 is 1.29 bits per heavy atom. The van der Waals surface area contributed by atoms with Crippen LogP contribution >= 0.6 is 27.3 Å². The molecule has 112 valence electrons. The maximum atomic E-state index is 12.6. The predicted octanol–water partition coefficient (Wildman–Crippen LogP) is 2.90. The van der Waals surface area contributed by atoms with Crippen LogP contribution in [-0.4, -0.2) is 22.7 Å². The molecule has 3 rings (SSSR count). The number of urea groups is 1. The highest BCUT2D eigenvalue weighted by Gasteiger charge is 2.45. The van der Waals surface area contributed by atoms with Gasteiger partial charge in [0.2, 0.25) is 11.8 Å². The van der Waals surface area contributed by atoms with Gasteiger partial charge in [-0.2, -0.15) is 0 Å². The second kappa shape index (κ2) is 5.88. The molecular formula is C14H15BrN2O3S. The minimum atomic E-state index is -0.700. The zero-order valence-electron chi connectivity index (χ0n) is 11.3. The molecule has 0 aromatic carbocycles. The lowest BCUT2D eigenvalue weighted by Crippen LogP contribution is -2.58. The van der Waals surface area contributed by atoms with Gasteiger partial charge in [-0.05, 0) is 40.8 Å². The van der Waals surface area contributed by atoms with E-state index in [0.717, 1.165) is 35.0 Å². The first-order valence-corrected chi connectivity index (χ1v) is 8.62. The average molecular weight is 371 g/mol. The van der Waals surface area contributed by atoms with E-state index in [0.29, 0.717) is 0 Å². The lowest BCUT2D eigenvalue weighted by molar-refractivity contribution is -0.145. The van der Waals surface area contributed by atoms with Crippen LogP contribution in [-0.2, 0) is 16.1 Å². The molecule has 7 heteroatoms. The Balaban J connectivity index is 1.80. The summed E-state index contributed by atoms with van der Waals surface area (Å²) in [6.07, 6.45) is 3.87.